The monoisotopic (exact) mass is 304 g/mol. The van der Waals surface area contributed by atoms with E-state index in [-0.39, 0.29) is 11.1 Å². The quantitative estimate of drug-likeness (QED) is 0.566. The number of hydrogen-bond acceptors (Lipinski definition) is 3. The maximum Gasteiger partial charge on any atom is 0.141 e. The minimum absolute atomic E-state index is 0.111. The topological polar surface area (TPSA) is 51.2 Å². The van der Waals surface area contributed by atoms with E-state index >= 15 is 0 Å². The van der Waals surface area contributed by atoms with Crippen LogP contribution in [0.25, 0.3) is 11.0 Å². The van der Waals surface area contributed by atoms with Gasteiger partial charge in [-0.2, -0.15) is 0 Å². The number of hydrogen-bond donors (Lipinski definition) is 2. The van der Waals surface area contributed by atoms with Gasteiger partial charge in [0.05, 0.1) is 17.3 Å². The van der Waals surface area contributed by atoms with Gasteiger partial charge in [-0.05, 0) is 30.2 Å². The van der Waals surface area contributed by atoms with Crippen molar-refractivity contribution in [2.24, 2.45) is 5.84 Å². The summed E-state index contributed by atoms with van der Waals surface area (Å²) in [6.07, 6.45) is 2.28. The van der Waals surface area contributed by atoms with Crippen molar-refractivity contribution in [3.63, 3.8) is 0 Å². The average Bonchev–Trinajstić information content (AvgIpc) is 2.92. The van der Waals surface area contributed by atoms with Crippen LogP contribution >= 0.6 is 11.6 Å². The molecular formula is C16H14ClFN2O. The molecule has 0 fully saturated rings. The molecule has 3 N–H and O–H groups in total. The number of benzene rings is 2. The average molecular weight is 305 g/mol. The maximum absolute atomic E-state index is 13.2. The highest BCUT2D eigenvalue weighted by Crippen LogP contribution is 2.28. The van der Waals surface area contributed by atoms with E-state index in [9.17, 15) is 4.39 Å². The summed E-state index contributed by atoms with van der Waals surface area (Å²) >= 11 is 5.82. The second-order valence-corrected chi connectivity index (χ2v) is 5.27. The van der Waals surface area contributed by atoms with E-state index < -0.39 is 5.82 Å². The number of hydrazine groups is 1. The molecule has 0 saturated carbocycles. The summed E-state index contributed by atoms with van der Waals surface area (Å²) in [5, 5.41) is 1.12. The van der Waals surface area contributed by atoms with Crippen LogP contribution in [0.15, 0.2) is 53.1 Å². The Balaban J connectivity index is 1.93. The molecule has 0 bridgehead atoms. The molecule has 108 valence electrons. The molecule has 0 spiro atoms. The van der Waals surface area contributed by atoms with E-state index in [4.69, 9.17) is 21.9 Å². The van der Waals surface area contributed by atoms with E-state index in [1.807, 2.05) is 24.3 Å². The fourth-order valence-electron chi connectivity index (χ4n) is 2.43. The lowest BCUT2D eigenvalue weighted by Crippen LogP contribution is -2.29. The largest absolute Gasteiger partial charge is 0.464 e. The Morgan fingerprint density at radius 3 is 2.81 bits per heavy atom. The zero-order valence-corrected chi connectivity index (χ0v) is 11.9. The van der Waals surface area contributed by atoms with E-state index in [2.05, 4.69) is 5.43 Å². The number of para-hydroxylation sites is 1. The molecule has 0 aliphatic rings. The van der Waals surface area contributed by atoms with Gasteiger partial charge in [0.25, 0.3) is 0 Å². The van der Waals surface area contributed by atoms with Crippen LogP contribution in [-0.4, -0.2) is 0 Å². The summed E-state index contributed by atoms with van der Waals surface area (Å²) in [5.74, 6) is 5.25. The van der Waals surface area contributed by atoms with Gasteiger partial charge in [-0.25, -0.2) is 4.39 Å². The molecule has 1 aromatic heterocycles. The molecule has 0 aliphatic heterocycles. The van der Waals surface area contributed by atoms with Gasteiger partial charge in [-0.1, -0.05) is 35.9 Å². The van der Waals surface area contributed by atoms with Crippen LogP contribution < -0.4 is 11.3 Å². The van der Waals surface area contributed by atoms with Crippen molar-refractivity contribution >= 4 is 22.6 Å². The van der Waals surface area contributed by atoms with Gasteiger partial charge in [-0.3, -0.25) is 11.3 Å². The van der Waals surface area contributed by atoms with Crippen LogP contribution in [0.5, 0.6) is 0 Å². The van der Waals surface area contributed by atoms with Crippen molar-refractivity contribution in [3.05, 3.63) is 70.7 Å². The van der Waals surface area contributed by atoms with Crippen molar-refractivity contribution in [1.82, 2.24) is 5.43 Å². The predicted octanol–water partition coefficient (Wildman–Crippen LogP) is 3.97. The number of nitrogens with one attached hydrogen (secondary N) is 1. The summed E-state index contributed by atoms with van der Waals surface area (Å²) in [4.78, 5) is 0. The van der Waals surface area contributed by atoms with Crippen molar-refractivity contribution in [2.75, 3.05) is 0 Å². The summed E-state index contributed by atoms with van der Waals surface area (Å²) in [6, 6.07) is 12.3. The molecular weight excluding hydrogens is 291 g/mol. The fraction of sp³-hybridized carbons (Fsp3) is 0.125. The van der Waals surface area contributed by atoms with Crippen molar-refractivity contribution in [3.8, 4) is 0 Å². The van der Waals surface area contributed by atoms with E-state index in [0.717, 1.165) is 22.1 Å². The van der Waals surface area contributed by atoms with E-state index in [1.165, 1.54) is 6.07 Å². The van der Waals surface area contributed by atoms with Gasteiger partial charge in [0.15, 0.2) is 0 Å². The summed E-state index contributed by atoms with van der Waals surface area (Å²) < 4.78 is 18.7. The first-order valence-corrected chi connectivity index (χ1v) is 6.93. The normalized spacial score (nSPS) is 12.7. The zero-order valence-electron chi connectivity index (χ0n) is 11.1. The Kier molecular flexibility index (Phi) is 3.92. The van der Waals surface area contributed by atoms with Gasteiger partial charge in [-0.15, -0.1) is 0 Å². The highest BCUT2D eigenvalue weighted by atomic mass is 35.5. The predicted molar refractivity (Wildman–Crippen MR) is 81.4 cm³/mol. The standard InChI is InChI=1S/C16H14ClFN2O/c17-13-7-10(5-6-14(13)18)8-15(20-19)12-9-21-16-4-2-1-3-11(12)16/h1-7,9,15,20H,8,19H2. The third kappa shape index (κ3) is 2.78. The second kappa shape index (κ2) is 5.85. The lowest BCUT2D eigenvalue weighted by atomic mass is 9.99. The minimum atomic E-state index is -0.425. The minimum Gasteiger partial charge on any atom is -0.464 e. The summed E-state index contributed by atoms with van der Waals surface area (Å²) in [6.45, 7) is 0. The van der Waals surface area contributed by atoms with Gasteiger partial charge < -0.3 is 4.42 Å². The maximum atomic E-state index is 13.2. The Morgan fingerprint density at radius 1 is 1.24 bits per heavy atom. The van der Waals surface area contributed by atoms with Crippen molar-refractivity contribution in [1.29, 1.82) is 0 Å². The highest BCUT2D eigenvalue weighted by molar-refractivity contribution is 6.30. The van der Waals surface area contributed by atoms with Crippen LogP contribution in [0.2, 0.25) is 5.02 Å². The van der Waals surface area contributed by atoms with Crippen LogP contribution in [0.4, 0.5) is 4.39 Å². The molecule has 1 unspecified atom stereocenters. The first kappa shape index (κ1) is 14.1. The SMILES string of the molecule is NNC(Cc1ccc(F)c(Cl)c1)c1coc2ccccc12. The third-order valence-corrected chi connectivity index (χ3v) is 3.80. The second-order valence-electron chi connectivity index (χ2n) is 4.86. The molecule has 3 rings (SSSR count). The molecule has 21 heavy (non-hydrogen) atoms. The molecule has 3 nitrogen and oxygen atoms in total. The van der Waals surface area contributed by atoms with Crippen molar-refractivity contribution in [2.45, 2.75) is 12.5 Å². The number of nitrogens with two attached hydrogens (primary N) is 1. The molecule has 0 saturated heterocycles. The first-order valence-electron chi connectivity index (χ1n) is 6.55. The third-order valence-electron chi connectivity index (χ3n) is 3.51. The Bertz CT molecular complexity index is 772. The molecule has 0 aliphatic carbocycles. The number of rotatable bonds is 4. The molecule has 1 heterocycles. The number of halogens is 2. The molecule has 5 heteroatoms. The highest BCUT2D eigenvalue weighted by Gasteiger charge is 2.17. The van der Waals surface area contributed by atoms with E-state index in [0.29, 0.717) is 6.42 Å². The van der Waals surface area contributed by atoms with Gasteiger partial charge in [0.1, 0.15) is 11.4 Å². The molecule has 2 aromatic carbocycles. The van der Waals surface area contributed by atoms with Gasteiger partial charge in [0, 0.05) is 10.9 Å². The fourth-order valence-corrected chi connectivity index (χ4v) is 2.63. The molecule has 0 radical (unpaired) electrons. The van der Waals surface area contributed by atoms with Gasteiger partial charge in [0.2, 0.25) is 0 Å². The van der Waals surface area contributed by atoms with Crippen LogP contribution in [-0.2, 0) is 6.42 Å². The lowest BCUT2D eigenvalue weighted by Gasteiger charge is -2.15. The Hall–Kier alpha value is -1.88. The van der Waals surface area contributed by atoms with Crippen LogP contribution in [0.3, 0.4) is 0 Å². The van der Waals surface area contributed by atoms with E-state index in [1.54, 1.807) is 18.4 Å². The Labute approximate surface area is 126 Å². The van der Waals surface area contributed by atoms with Crippen LogP contribution in [0.1, 0.15) is 17.2 Å². The Morgan fingerprint density at radius 2 is 2.05 bits per heavy atom. The van der Waals surface area contributed by atoms with Gasteiger partial charge >= 0.3 is 0 Å². The smallest absolute Gasteiger partial charge is 0.141 e. The number of fused-ring (bicyclic) bond motifs is 1. The van der Waals surface area contributed by atoms with Crippen LogP contribution in [0, 0.1) is 5.82 Å². The molecule has 0 amide bonds. The lowest BCUT2D eigenvalue weighted by molar-refractivity contribution is 0.536. The summed E-state index contributed by atoms with van der Waals surface area (Å²) in [5.41, 5.74) is 5.46. The number of furan rings is 1. The summed E-state index contributed by atoms with van der Waals surface area (Å²) in [7, 11) is 0. The molecule has 3 aromatic rings. The van der Waals surface area contributed by atoms with Crippen molar-refractivity contribution < 1.29 is 8.81 Å². The first-order chi connectivity index (χ1) is 10.2. The zero-order chi connectivity index (χ0) is 14.8. The molecule has 1 atom stereocenters.